The van der Waals surface area contributed by atoms with Crippen molar-refractivity contribution in [1.29, 1.82) is 0 Å². The number of carbonyl (C=O) groups is 1. The maximum Gasteiger partial charge on any atom is 0.240 e. The van der Waals surface area contributed by atoms with E-state index in [0.717, 1.165) is 0 Å². The molecule has 0 saturated heterocycles. The summed E-state index contributed by atoms with van der Waals surface area (Å²) in [6.07, 6.45) is 0.633. The smallest absolute Gasteiger partial charge is 0.240 e. The van der Waals surface area contributed by atoms with Gasteiger partial charge >= 0.3 is 0 Å². The Kier molecular flexibility index (Phi) is 2.65. The van der Waals surface area contributed by atoms with Gasteiger partial charge in [-0.2, -0.15) is 0 Å². The lowest BCUT2D eigenvalue weighted by Crippen LogP contribution is -2.41. The fourth-order valence-corrected chi connectivity index (χ4v) is 3.02. The number of nitrogens with one attached hydrogen (secondary N) is 1. The summed E-state index contributed by atoms with van der Waals surface area (Å²) >= 11 is 0. The number of amides is 1. The van der Waals surface area contributed by atoms with Crippen LogP contribution in [0, 0.1) is 11.8 Å². The van der Waals surface area contributed by atoms with Crippen molar-refractivity contribution in [2.24, 2.45) is 11.8 Å². The van der Waals surface area contributed by atoms with Crippen molar-refractivity contribution in [3.63, 3.8) is 0 Å². The lowest BCUT2D eigenvalue weighted by atomic mass is 10.2. The average Bonchev–Trinajstić information content (AvgIpc) is 2.60. The van der Waals surface area contributed by atoms with Crippen LogP contribution in [0.3, 0.4) is 0 Å². The molecule has 4 nitrogen and oxygen atoms in total. The largest absolute Gasteiger partial charge is 0.274 e. The molecular formula is C9H17NO3S. The second-order valence-electron chi connectivity index (χ2n) is 4.54. The van der Waals surface area contributed by atoms with Gasteiger partial charge in [0.25, 0.3) is 0 Å². The summed E-state index contributed by atoms with van der Waals surface area (Å²) in [5.74, 6) is -0.590. The molecule has 1 N–H and O–H groups in total. The van der Waals surface area contributed by atoms with Crippen molar-refractivity contribution >= 4 is 15.9 Å². The predicted molar refractivity (Wildman–Crippen MR) is 54.1 cm³/mol. The second kappa shape index (κ2) is 3.22. The fraction of sp³-hybridized carbons (Fsp3) is 0.889. The highest BCUT2D eigenvalue weighted by molar-refractivity contribution is 7.91. The highest BCUT2D eigenvalue weighted by atomic mass is 32.2. The van der Waals surface area contributed by atoms with Crippen LogP contribution >= 0.6 is 0 Å². The molecule has 0 spiro atoms. The molecular weight excluding hydrogens is 202 g/mol. The molecule has 1 fully saturated rings. The minimum atomic E-state index is -3.48. The average molecular weight is 219 g/mol. The van der Waals surface area contributed by atoms with Crippen molar-refractivity contribution in [2.45, 2.75) is 38.9 Å². The first-order valence-electron chi connectivity index (χ1n) is 4.77. The van der Waals surface area contributed by atoms with Gasteiger partial charge in [-0.05, 0) is 19.3 Å². The number of rotatable bonds is 3. The van der Waals surface area contributed by atoms with Gasteiger partial charge in [0.15, 0.2) is 0 Å². The van der Waals surface area contributed by atoms with E-state index in [0.29, 0.717) is 6.42 Å². The van der Waals surface area contributed by atoms with E-state index < -0.39 is 20.7 Å². The maximum atomic E-state index is 11.7. The minimum Gasteiger partial charge on any atom is -0.274 e. The third-order valence-corrected chi connectivity index (χ3v) is 5.23. The van der Waals surface area contributed by atoms with Gasteiger partial charge in [-0.1, -0.05) is 20.8 Å². The molecule has 14 heavy (non-hydrogen) atoms. The molecule has 0 aromatic heterocycles. The van der Waals surface area contributed by atoms with E-state index in [1.165, 1.54) is 0 Å². The second-order valence-corrected chi connectivity index (χ2v) is 6.69. The molecule has 0 aromatic carbocycles. The standard InChI is InChI=1S/C9H17NO3S/c1-6(2)8(11)10-14(12,13)9(4)5-7(9)3/h6-7H,5H2,1-4H3,(H,10,11). The summed E-state index contributed by atoms with van der Waals surface area (Å²) in [6.45, 7) is 6.89. The van der Waals surface area contributed by atoms with Gasteiger partial charge in [0.2, 0.25) is 15.9 Å². The molecule has 5 heteroatoms. The van der Waals surface area contributed by atoms with Crippen LogP contribution in [0.5, 0.6) is 0 Å². The molecule has 1 aliphatic carbocycles. The van der Waals surface area contributed by atoms with E-state index in [2.05, 4.69) is 4.72 Å². The maximum absolute atomic E-state index is 11.7. The van der Waals surface area contributed by atoms with Crippen LogP contribution in [-0.4, -0.2) is 19.1 Å². The lowest BCUT2D eigenvalue weighted by Gasteiger charge is -2.14. The predicted octanol–water partition coefficient (Wildman–Crippen LogP) is 0.887. The Morgan fingerprint density at radius 1 is 1.50 bits per heavy atom. The molecule has 0 aromatic rings. The Morgan fingerprint density at radius 3 is 2.21 bits per heavy atom. The molecule has 1 rings (SSSR count). The van der Waals surface area contributed by atoms with Crippen molar-refractivity contribution in [1.82, 2.24) is 4.72 Å². The Labute approximate surface area is 85.1 Å². The van der Waals surface area contributed by atoms with E-state index in [1.807, 2.05) is 6.92 Å². The highest BCUT2D eigenvalue weighted by Crippen LogP contribution is 2.48. The normalized spacial score (nSPS) is 31.6. The minimum absolute atomic E-state index is 0.139. The van der Waals surface area contributed by atoms with E-state index >= 15 is 0 Å². The Hall–Kier alpha value is -0.580. The van der Waals surface area contributed by atoms with Gasteiger partial charge < -0.3 is 0 Å². The van der Waals surface area contributed by atoms with Gasteiger partial charge in [-0.25, -0.2) is 8.42 Å². The molecule has 0 radical (unpaired) electrons. The first-order chi connectivity index (χ1) is 6.21. The van der Waals surface area contributed by atoms with Gasteiger partial charge in [-0.15, -0.1) is 0 Å². The van der Waals surface area contributed by atoms with E-state index in [4.69, 9.17) is 0 Å². The molecule has 1 amide bonds. The van der Waals surface area contributed by atoms with Crippen LogP contribution < -0.4 is 4.72 Å². The molecule has 1 saturated carbocycles. The molecule has 0 aliphatic heterocycles. The van der Waals surface area contributed by atoms with E-state index in [1.54, 1.807) is 20.8 Å². The Balaban J connectivity index is 2.75. The zero-order valence-corrected chi connectivity index (χ0v) is 9.81. The molecule has 0 heterocycles. The quantitative estimate of drug-likeness (QED) is 0.766. The number of hydrogen-bond acceptors (Lipinski definition) is 3. The Bertz CT molecular complexity index is 347. The van der Waals surface area contributed by atoms with Crippen molar-refractivity contribution < 1.29 is 13.2 Å². The Morgan fingerprint density at radius 2 is 1.93 bits per heavy atom. The summed E-state index contributed by atoms with van der Waals surface area (Å²) in [6, 6.07) is 0. The van der Waals surface area contributed by atoms with Crippen LogP contribution in [0.4, 0.5) is 0 Å². The van der Waals surface area contributed by atoms with Crippen molar-refractivity contribution in [2.75, 3.05) is 0 Å². The highest BCUT2D eigenvalue weighted by Gasteiger charge is 2.57. The van der Waals surface area contributed by atoms with Crippen LogP contribution in [0.2, 0.25) is 0 Å². The topological polar surface area (TPSA) is 63.2 Å². The summed E-state index contributed by atoms with van der Waals surface area (Å²) in [5, 5.41) is 0. The van der Waals surface area contributed by atoms with Gasteiger partial charge in [0.1, 0.15) is 0 Å². The monoisotopic (exact) mass is 219 g/mol. The zero-order chi connectivity index (χ0) is 11.1. The van der Waals surface area contributed by atoms with Gasteiger partial charge in [0.05, 0.1) is 4.75 Å². The summed E-state index contributed by atoms with van der Waals surface area (Å²) in [4.78, 5) is 11.2. The van der Waals surface area contributed by atoms with Gasteiger partial charge in [0, 0.05) is 5.92 Å². The SMILES string of the molecule is CC(C)C(=O)NS(=O)(=O)C1(C)CC1C. The lowest BCUT2D eigenvalue weighted by molar-refractivity contribution is -0.122. The van der Waals surface area contributed by atoms with Crippen LogP contribution in [0.25, 0.3) is 0 Å². The van der Waals surface area contributed by atoms with Crippen molar-refractivity contribution in [3.05, 3.63) is 0 Å². The molecule has 2 atom stereocenters. The van der Waals surface area contributed by atoms with Crippen LogP contribution in [0.15, 0.2) is 0 Å². The summed E-state index contributed by atoms with van der Waals surface area (Å²) in [5.41, 5.74) is 0. The molecule has 2 unspecified atom stereocenters. The van der Waals surface area contributed by atoms with Crippen molar-refractivity contribution in [3.8, 4) is 0 Å². The molecule has 1 aliphatic rings. The van der Waals surface area contributed by atoms with E-state index in [9.17, 15) is 13.2 Å². The number of carbonyl (C=O) groups excluding carboxylic acids is 1. The first kappa shape index (κ1) is 11.5. The number of hydrogen-bond donors (Lipinski definition) is 1. The van der Waals surface area contributed by atoms with Crippen LogP contribution in [0.1, 0.15) is 34.1 Å². The zero-order valence-electron chi connectivity index (χ0n) is 8.99. The van der Waals surface area contributed by atoms with Gasteiger partial charge in [-0.3, -0.25) is 9.52 Å². The summed E-state index contributed by atoms with van der Waals surface area (Å²) < 4.78 is 24.8. The fourth-order valence-electron chi connectivity index (χ4n) is 1.29. The third kappa shape index (κ3) is 1.78. The number of sulfonamides is 1. The van der Waals surface area contributed by atoms with Crippen LogP contribution in [-0.2, 0) is 14.8 Å². The molecule has 82 valence electrons. The summed E-state index contributed by atoms with van der Waals surface area (Å²) in [7, 11) is -3.48. The molecule has 0 bridgehead atoms. The van der Waals surface area contributed by atoms with E-state index in [-0.39, 0.29) is 11.8 Å². The third-order valence-electron chi connectivity index (χ3n) is 2.97. The first-order valence-corrected chi connectivity index (χ1v) is 6.25.